The monoisotopic (exact) mass is 310 g/mol. The summed E-state index contributed by atoms with van der Waals surface area (Å²) in [5.41, 5.74) is -1.19. The summed E-state index contributed by atoms with van der Waals surface area (Å²) in [5.74, 6) is -1.01. The maximum Gasteiger partial charge on any atom is 0.331 e. The Hall–Kier alpha value is -1.21. The van der Waals surface area contributed by atoms with Crippen LogP contribution in [-0.4, -0.2) is 47.1 Å². The molecule has 0 radical (unpaired) electrons. The summed E-state index contributed by atoms with van der Waals surface area (Å²) in [6, 6.07) is 0. The first-order valence-corrected chi connectivity index (χ1v) is 7.55. The van der Waals surface area contributed by atoms with E-state index in [4.69, 9.17) is 18.9 Å². The molecule has 6 heteroatoms. The molecule has 3 rings (SSSR count). The number of hydrogen-bond acceptors (Lipinski definition) is 6. The molecule has 122 valence electrons. The lowest BCUT2D eigenvalue weighted by atomic mass is 9.94. The summed E-state index contributed by atoms with van der Waals surface area (Å²) in [4.78, 5) is 11.2. The zero-order chi connectivity index (χ0) is 16.0. The highest BCUT2D eigenvalue weighted by atomic mass is 16.8. The molecule has 2 saturated heterocycles. The highest BCUT2D eigenvalue weighted by molar-refractivity contribution is 5.82. The van der Waals surface area contributed by atoms with E-state index in [1.165, 1.54) is 6.08 Å². The molecule has 0 bridgehead atoms. The van der Waals surface area contributed by atoms with Crippen molar-refractivity contribution in [2.45, 2.75) is 69.6 Å². The molecule has 0 spiro atoms. The van der Waals surface area contributed by atoms with Crippen LogP contribution in [0.5, 0.6) is 0 Å². The van der Waals surface area contributed by atoms with Gasteiger partial charge < -0.3 is 24.1 Å². The van der Waals surface area contributed by atoms with Crippen molar-refractivity contribution in [3.8, 4) is 0 Å². The fourth-order valence-electron chi connectivity index (χ4n) is 2.95. The Labute approximate surface area is 129 Å². The summed E-state index contributed by atoms with van der Waals surface area (Å²) in [5, 5.41) is 10.6. The minimum Gasteiger partial charge on any atom is -0.455 e. The quantitative estimate of drug-likeness (QED) is 0.628. The minimum absolute atomic E-state index is 0.171. The average Bonchev–Trinajstić information content (AvgIpc) is 2.90. The van der Waals surface area contributed by atoms with Crippen LogP contribution in [0, 0.1) is 0 Å². The number of rotatable bonds is 3. The van der Waals surface area contributed by atoms with Crippen molar-refractivity contribution in [2.24, 2.45) is 0 Å². The lowest BCUT2D eigenvalue weighted by Gasteiger charge is -2.29. The number of carbonyl (C=O) groups is 1. The number of cyclic esters (lactones) is 1. The average molecular weight is 310 g/mol. The third kappa shape index (κ3) is 3.25. The predicted molar refractivity (Wildman–Crippen MR) is 76.7 cm³/mol. The van der Waals surface area contributed by atoms with Crippen LogP contribution in [0.25, 0.3) is 0 Å². The smallest absolute Gasteiger partial charge is 0.331 e. The van der Waals surface area contributed by atoms with Gasteiger partial charge >= 0.3 is 5.97 Å². The van der Waals surface area contributed by atoms with Crippen molar-refractivity contribution in [3.63, 3.8) is 0 Å². The van der Waals surface area contributed by atoms with Gasteiger partial charge in [0.05, 0.1) is 6.10 Å². The van der Waals surface area contributed by atoms with Gasteiger partial charge in [-0.3, -0.25) is 0 Å². The normalized spacial score (nSPS) is 39.7. The minimum atomic E-state index is -1.19. The highest BCUT2D eigenvalue weighted by Crippen LogP contribution is 2.40. The summed E-state index contributed by atoms with van der Waals surface area (Å²) in [6.07, 6.45) is 6.25. The molecule has 22 heavy (non-hydrogen) atoms. The van der Waals surface area contributed by atoms with Crippen LogP contribution < -0.4 is 0 Å². The molecule has 1 N–H and O–H groups in total. The van der Waals surface area contributed by atoms with E-state index in [1.807, 2.05) is 13.8 Å². The second kappa shape index (κ2) is 5.45. The van der Waals surface area contributed by atoms with Gasteiger partial charge in [-0.2, -0.15) is 0 Å². The van der Waals surface area contributed by atoms with Crippen molar-refractivity contribution in [2.75, 3.05) is 0 Å². The second-order valence-corrected chi connectivity index (χ2v) is 6.60. The van der Waals surface area contributed by atoms with Gasteiger partial charge in [-0.25, -0.2) is 4.79 Å². The van der Waals surface area contributed by atoms with Crippen LogP contribution in [0.1, 0.15) is 33.6 Å². The Kier molecular flexibility index (Phi) is 3.89. The lowest BCUT2D eigenvalue weighted by Crippen LogP contribution is -2.39. The Morgan fingerprint density at radius 3 is 2.86 bits per heavy atom. The molecule has 0 aliphatic carbocycles. The van der Waals surface area contributed by atoms with Crippen LogP contribution in [0.2, 0.25) is 0 Å². The van der Waals surface area contributed by atoms with Gasteiger partial charge in [-0.1, -0.05) is 12.2 Å². The van der Waals surface area contributed by atoms with Crippen molar-refractivity contribution >= 4 is 5.97 Å². The maximum atomic E-state index is 11.2. The van der Waals surface area contributed by atoms with Crippen molar-refractivity contribution in [1.82, 2.24) is 0 Å². The SMILES string of the molecule is CC1(C)O[C@H]2O[C@@H]([C@](C)(O)C=C[C@H]3CC=CC(=O)O3)C[C@H]2O1. The molecule has 2 fully saturated rings. The van der Waals surface area contributed by atoms with Crippen molar-refractivity contribution in [1.29, 1.82) is 0 Å². The van der Waals surface area contributed by atoms with Crippen molar-refractivity contribution < 1.29 is 28.8 Å². The van der Waals surface area contributed by atoms with Gasteiger partial charge in [0.15, 0.2) is 12.1 Å². The van der Waals surface area contributed by atoms with E-state index >= 15 is 0 Å². The molecule has 0 saturated carbocycles. The van der Waals surface area contributed by atoms with Gasteiger partial charge in [0.1, 0.15) is 17.8 Å². The molecule has 0 amide bonds. The largest absolute Gasteiger partial charge is 0.455 e. The molecule has 0 unspecified atom stereocenters. The first kappa shape index (κ1) is 15.7. The molecular formula is C16H22O6. The topological polar surface area (TPSA) is 74.2 Å². The van der Waals surface area contributed by atoms with E-state index in [2.05, 4.69) is 0 Å². The molecule has 0 aromatic carbocycles. The Morgan fingerprint density at radius 2 is 2.18 bits per heavy atom. The fourth-order valence-corrected chi connectivity index (χ4v) is 2.95. The number of esters is 1. The third-order valence-corrected chi connectivity index (χ3v) is 4.07. The lowest BCUT2D eigenvalue weighted by molar-refractivity contribution is -0.219. The molecule has 3 aliphatic heterocycles. The molecule has 5 atom stereocenters. The molecule has 0 aromatic rings. The van der Waals surface area contributed by atoms with E-state index in [1.54, 1.807) is 25.2 Å². The van der Waals surface area contributed by atoms with E-state index in [0.29, 0.717) is 12.8 Å². The van der Waals surface area contributed by atoms with E-state index in [-0.39, 0.29) is 18.2 Å². The van der Waals surface area contributed by atoms with Gasteiger partial charge in [0.2, 0.25) is 0 Å². The summed E-state index contributed by atoms with van der Waals surface area (Å²) in [7, 11) is 0. The van der Waals surface area contributed by atoms with Gasteiger partial charge in [0, 0.05) is 18.9 Å². The molecule has 0 aromatic heterocycles. The Balaban J connectivity index is 1.60. The predicted octanol–water partition coefficient (Wildman–Crippen LogP) is 1.43. The van der Waals surface area contributed by atoms with E-state index in [9.17, 15) is 9.90 Å². The summed E-state index contributed by atoms with van der Waals surface area (Å²) >= 11 is 0. The van der Waals surface area contributed by atoms with Crippen LogP contribution in [0.15, 0.2) is 24.3 Å². The van der Waals surface area contributed by atoms with Gasteiger partial charge in [-0.05, 0) is 26.8 Å². The first-order valence-electron chi connectivity index (χ1n) is 7.55. The van der Waals surface area contributed by atoms with Crippen LogP contribution >= 0.6 is 0 Å². The standard InChI is InChI=1S/C16H22O6/c1-15(2)21-11-9-12(20-14(11)22-15)16(3,18)8-7-10-5-4-6-13(17)19-10/h4,6-8,10-12,14,18H,5,9H2,1-3H3/t10-,11-,12-,14-,16-/m1/s1. The Bertz CT molecular complexity index is 491. The fraction of sp³-hybridized carbons (Fsp3) is 0.688. The zero-order valence-electron chi connectivity index (χ0n) is 13.0. The second-order valence-electron chi connectivity index (χ2n) is 6.60. The molecule has 3 heterocycles. The third-order valence-electron chi connectivity index (χ3n) is 4.07. The zero-order valence-corrected chi connectivity index (χ0v) is 13.0. The van der Waals surface area contributed by atoms with Crippen molar-refractivity contribution in [3.05, 3.63) is 24.3 Å². The number of carbonyl (C=O) groups excluding carboxylic acids is 1. The number of hydrogen-bond donors (Lipinski definition) is 1. The number of aliphatic hydroxyl groups is 1. The molecule has 3 aliphatic rings. The summed E-state index contributed by atoms with van der Waals surface area (Å²) < 4.78 is 22.3. The first-order chi connectivity index (χ1) is 10.3. The summed E-state index contributed by atoms with van der Waals surface area (Å²) in [6.45, 7) is 5.35. The van der Waals surface area contributed by atoms with Gasteiger partial charge in [0.25, 0.3) is 0 Å². The highest BCUT2D eigenvalue weighted by Gasteiger charge is 2.52. The van der Waals surface area contributed by atoms with Crippen LogP contribution in [0.3, 0.4) is 0 Å². The maximum absolute atomic E-state index is 11.2. The number of fused-ring (bicyclic) bond motifs is 1. The van der Waals surface area contributed by atoms with Gasteiger partial charge in [-0.15, -0.1) is 0 Å². The van der Waals surface area contributed by atoms with E-state index < -0.39 is 23.8 Å². The van der Waals surface area contributed by atoms with Crippen LogP contribution in [0.4, 0.5) is 0 Å². The van der Waals surface area contributed by atoms with E-state index in [0.717, 1.165) is 0 Å². The molecular weight excluding hydrogens is 288 g/mol. The van der Waals surface area contributed by atoms with Crippen LogP contribution in [-0.2, 0) is 23.7 Å². The Morgan fingerprint density at radius 1 is 1.41 bits per heavy atom. The number of ether oxygens (including phenoxy) is 4. The molecule has 6 nitrogen and oxygen atoms in total.